The van der Waals surface area contributed by atoms with Crippen LogP contribution in [0.5, 0.6) is 0 Å². The number of hydrogen-bond donors (Lipinski definition) is 2. The largest absolute Gasteiger partial charge is 0.465 e. The highest BCUT2D eigenvalue weighted by Crippen LogP contribution is 2.00. The van der Waals surface area contributed by atoms with Crippen molar-refractivity contribution in [1.29, 1.82) is 0 Å². The molecule has 1 atom stereocenters. The van der Waals surface area contributed by atoms with Gasteiger partial charge >= 0.3 is 5.97 Å². The number of benzene rings is 1. The number of esters is 1. The summed E-state index contributed by atoms with van der Waals surface area (Å²) in [6, 6.07) is 9.57. The van der Waals surface area contributed by atoms with E-state index in [1.807, 2.05) is 30.3 Å². The molecule has 0 saturated carbocycles. The minimum Gasteiger partial charge on any atom is -0.465 e. The molecule has 16 heavy (non-hydrogen) atoms. The Morgan fingerprint density at radius 1 is 1.44 bits per heavy atom. The van der Waals surface area contributed by atoms with E-state index in [0.717, 1.165) is 5.56 Å². The van der Waals surface area contributed by atoms with Crippen LogP contribution in [0.25, 0.3) is 0 Å². The first-order valence-electron chi connectivity index (χ1n) is 5.32. The molecule has 0 spiro atoms. The molecule has 1 N–H and O–H groups in total. The normalized spacial score (nSPS) is 12.1. The molecule has 0 aliphatic heterocycles. The molecule has 0 bridgehead atoms. The fraction of sp³-hybridized carbons (Fsp3) is 0.417. The summed E-state index contributed by atoms with van der Waals surface area (Å²) >= 11 is 4.13. The Hall–Kier alpha value is -1.00. The summed E-state index contributed by atoms with van der Waals surface area (Å²) in [4.78, 5) is 11.5. The first-order chi connectivity index (χ1) is 7.77. The maximum absolute atomic E-state index is 11.5. The van der Waals surface area contributed by atoms with Crippen molar-refractivity contribution in [1.82, 2.24) is 5.32 Å². The second kappa shape index (κ2) is 7.30. The zero-order valence-electron chi connectivity index (χ0n) is 9.35. The van der Waals surface area contributed by atoms with Crippen LogP contribution in [0.2, 0.25) is 0 Å². The van der Waals surface area contributed by atoms with Crippen molar-refractivity contribution in [3.05, 3.63) is 35.9 Å². The maximum Gasteiger partial charge on any atom is 0.323 e. The highest BCUT2D eigenvalue weighted by molar-refractivity contribution is 7.80. The lowest BCUT2D eigenvalue weighted by Crippen LogP contribution is -2.39. The first-order valence-corrected chi connectivity index (χ1v) is 5.96. The fourth-order valence-corrected chi connectivity index (χ4v) is 1.58. The van der Waals surface area contributed by atoms with Crippen molar-refractivity contribution in [2.24, 2.45) is 0 Å². The third kappa shape index (κ3) is 4.24. The van der Waals surface area contributed by atoms with Gasteiger partial charge in [-0.15, -0.1) is 0 Å². The fourth-order valence-electron chi connectivity index (χ4n) is 1.30. The van der Waals surface area contributed by atoms with Gasteiger partial charge in [-0.25, -0.2) is 0 Å². The van der Waals surface area contributed by atoms with Crippen molar-refractivity contribution in [2.75, 3.05) is 12.4 Å². The summed E-state index contributed by atoms with van der Waals surface area (Å²) in [5.74, 6) is 0.194. The molecule has 0 aliphatic rings. The SMILES string of the molecule is CCOC(=O)C(CS)NCc1ccccc1. The molecule has 0 heterocycles. The summed E-state index contributed by atoms with van der Waals surface area (Å²) < 4.78 is 4.93. The minimum absolute atomic E-state index is 0.242. The number of hydrogen-bond acceptors (Lipinski definition) is 4. The predicted octanol–water partition coefficient (Wildman–Crippen LogP) is 1.64. The summed E-state index contributed by atoms with van der Waals surface area (Å²) in [5.41, 5.74) is 1.14. The van der Waals surface area contributed by atoms with Gasteiger partial charge in [0.15, 0.2) is 0 Å². The molecular formula is C12H17NO2S. The van der Waals surface area contributed by atoms with Crippen LogP contribution in [-0.4, -0.2) is 24.4 Å². The van der Waals surface area contributed by atoms with E-state index in [9.17, 15) is 4.79 Å². The van der Waals surface area contributed by atoms with Crippen molar-refractivity contribution in [2.45, 2.75) is 19.5 Å². The Morgan fingerprint density at radius 2 is 2.12 bits per heavy atom. The molecule has 4 heteroatoms. The van der Waals surface area contributed by atoms with E-state index in [1.54, 1.807) is 6.92 Å². The van der Waals surface area contributed by atoms with Crippen LogP contribution in [0.3, 0.4) is 0 Å². The van der Waals surface area contributed by atoms with Gasteiger partial charge in [0.05, 0.1) is 6.61 Å². The van der Waals surface area contributed by atoms with Gasteiger partial charge < -0.3 is 4.74 Å². The van der Waals surface area contributed by atoms with Crippen molar-refractivity contribution in [3.8, 4) is 0 Å². The predicted molar refractivity (Wildman–Crippen MR) is 67.6 cm³/mol. The second-order valence-electron chi connectivity index (χ2n) is 3.35. The molecule has 0 aliphatic carbocycles. The highest BCUT2D eigenvalue weighted by atomic mass is 32.1. The third-order valence-electron chi connectivity index (χ3n) is 2.15. The van der Waals surface area contributed by atoms with E-state index in [0.29, 0.717) is 18.9 Å². The standard InChI is InChI=1S/C12H17NO2S/c1-2-15-12(14)11(9-16)13-8-10-6-4-3-5-7-10/h3-7,11,13,16H,2,8-9H2,1H3. The van der Waals surface area contributed by atoms with Gasteiger partial charge in [0.2, 0.25) is 0 Å². The van der Waals surface area contributed by atoms with Crippen LogP contribution in [0, 0.1) is 0 Å². The lowest BCUT2D eigenvalue weighted by molar-refractivity contribution is -0.145. The smallest absolute Gasteiger partial charge is 0.323 e. The van der Waals surface area contributed by atoms with Crippen LogP contribution >= 0.6 is 12.6 Å². The monoisotopic (exact) mass is 239 g/mol. The molecule has 0 amide bonds. The Balaban J connectivity index is 2.43. The number of carbonyl (C=O) groups excluding carboxylic acids is 1. The maximum atomic E-state index is 11.5. The quantitative estimate of drug-likeness (QED) is 0.585. The number of thiol groups is 1. The van der Waals surface area contributed by atoms with Gasteiger partial charge in [-0.2, -0.15) is 12.6 Å². The molecule has 0 aromatic heterocycles. The van der Waals surface area contributed by atoms with Gasteiger partial charge in [-0.3, -0.25) is 10.1 Å². The molecule has 88 valence electrons. The molecular weight excluding hydrogens is 222 g/mol. The number of ether oxygens (including phenoxy) is 1. The topological polar surface area (TPSA) is 38.3 Å². The van der Waals surface area contributed by atoms with E-state index in [4.69, 9.17) is 4.74 Å². The van der Waals surface area contributed by atoms with Crippen LogP contribution in [0.1, 0.15) is 12.5 Å². The van der Waals surface area contributed by atoms with Crippen LogP contribution in [0.15, 0.2) is 30.3 Å². The molecule has 1 unspecified atom stereocenters. The Bertz CT molecular complexity index is 316. The van der Waals surface area contributed by atoms with E-state index in [2.05, 4.69) is 17.9 Å². The lowest BCUT2D eigenvalue weighted by Gasteiger charge is -2.14. The van der Waals surface area contributed by atoms with Crippen LogP contribution in [0.4, 0.5) is 0 Å². The van der Waals surface area contributed by atoms with E-state index >= 15 is 0 Å². The van der Waals surface area contributed by atoms with Crippen molar-refractivity contribution in [3.63, 3.8) is 0 Å². The molecule has 3 nitrogen and oxygen atoms in total. The van der Waals surface area contributed by atoms with E-state index in [1.165, 1.54) is 0 Å². The van der Waals surface area contributed by atoms with Crippen molar-refractivity contribution >= 4 is 18.6 Å². The van der Waals surface area contributed by atoms with Crippen LogP contribution in [-0.2, 0) is 16.1 Å². The van der Waals surface area contributed by atoms with Gasteiger partial charge in [-0.1, -0.05) is 30.3 Å². The summed E-state index contributed by atoms with van der Waals surface area (Å²) in [5, 5.41) is 3.12. The van der Waals surface area contributed by atoms with Crippen LogP contribution < -0.4 is 5.32 Å². The Kier molecular flexibility index (Phi) is 5.96. The molecule has 0 saturated heterocycles. The van der Waals surface area contributed by atoms with Gasteiger partial charge in [-0.05, 0) is 12.5 Å². The van der Waals surface area contributed by atoms with E-state index in [-0.39, 0.29) is 12.0 Å². The zero-order chi connectivity index (χ0) is 11.8. The lowest BCUT2D eigenvalue weighted by atomic mass is 10.2. The number of rotatable bonds is 6. The average molecular weight is 239 g/mol. The Morgan fingerprint density at radius 3 is 2.69 bits per heavy atom. The van der Waals surface area contributed by atoms with Gasteiger partial charge in [0.1, 0.15) is 6.04 Å². The summed E-state index contributed by atoms with van der Waals surface area (Å²) in [6.45, 7) is 2.84. The highest BCUT2D eigenvalue weighted by Gasteiger charge is 2.16. The van der Waals surface area contributed by atoms with Crippen molar-refractivity contribution < 1.29 is 9.53 Å². The molecule has 0 radical (unpaired) electrons. The minimum atomic E-state index is -0.344. The number of carbonyl (C=O) groups is 1. The molecule has 1 aromatic carbocycles. The van der Waals surface area contributed by atoms with E-state index < -0.39 is 0 Å². The zero-order valence-corrected chi connectivity index (χ0v) is 10.2. The second-order valence-corrected chi connectivity index (χ2v) is 3.72. The Labute approximate surface area is 102 Å². The summed E-state index contributed by atoms with van der Waals surface area (Å²) in [6.07, 6.45) is 0. The van der Waals surface area contributed by atoms with Gasteiger partial charge in [0, 0.05) is 12.3 Å². The number of nitrogens with one attached hydrogen (secondary N) is 1. The molecule has 0 fully saturated rings. The molecule has 1 rings (SSSR count). The third-order valence-corrected chi connectivity index (χ3v) is 2.51. The first kappa shape index (κ1) is 13.1. The summed E-state index contributed by atoms with van der Waals surface area (Å²) in [7, 11) is 0. The molecule has 1 aromatic rings. The van der Waals surface area contributed by atoms with Gasteiger partial charge in [0.25, 0.3) is 0 Å². The average Bonchev–Trinajstić information content (AvgIpc) is 2.31.